The molecule has 0 radical (unpaired) electrons. The minimum absolute atomic E-state index is 0.0310. The van der Waals surface area contributed by atoms with Crippen LogP contribution in [0.15, 0.2) is 53.5 Å². The van der Waals surface area contributed by atoms with E-state index in [-0.39, 0.29) is 27.9 Å². The molecule has 0 unspecified atom stereocenters. The smallest absolute Gasteiger partial charge is 0.341 e. The molecule has 0 spiro atoms. The van der Waals surface area contributed by atoms with Crippen LogP contribution in [0.2, 0.25) is 0 Å². The number of aromatic nitrogens is 1. The molecule has 0 bridgehead atoms. The minimum atomic E-state index is -1.57. The first kappa shape index (κ1) is 21.7. The minimum Gasteiger partial charge on any atom is -0.494 e. The monoisotopic (exact) mass is 466 g/mol. The lowest BCUT2D eigenvalue weighted by Gasteiger charge is -2.19. The van der Waals surface area contributed by atoms with Crippen molar-refractivity contribution in [3.05, 3.63) is 93.0 Å². The fourth-order valence-corrected chi connectivity index (χ4v) is 4.36. The van der Waals surface area contributed by atoms with Crippen LogP contribution in [0.3, 0.4) is 0 Å². The van der Waals surface area contributed by atoms with E-state index in [2.05, 4.69) is 5.32 Å². The van der Waals surface area contributed by atoms with Gasteiger partial charge in [0, 0.05) is 25.4 Å². The molecular weight excluding hydrogens is 449 g/mol. The molecule has 34 heavy (non-hydrogen) atoms. The second-order valence-corrected chi connectivity index (χ2v) is 7.89. The highest BCUT2D eigenvalue weighted by Crippen LogP contribution is 2.40. The third-order valence-corrected chi connectivity index (χ3v) is 5.93. The van der Waals surface area contributed by atoms with E-state index in [4.69, 9.17) is 4.74 Å². The molecule has 2 N–H and O–H groups in total. The zero-order valence-electron chi connectivity index (χ0n) is 17.8. The average Bonchev–Trinajstić information content (AvgIpc) is 3.27. The quantitative estimate of drug-likeness (QED) is 0.467. The number of hydrogen-bond donors (Lipinski definition) is 2. The zero-order valence-corrected chi connectivity index (χ0v) is 17.8. The Labute approximate surface area is 190 Å². The molecule has 0 aliphatic carbocycles. The Balaban J connectivity index is 1.92. The van der Waals surface area contributed by atoms with Gasteiger partial charge in [0.25, 0.3) is 0 Å². The molecule has 6 nitrogen and oxygen atoms in total. The van der Waals surface area contributed by atoms with Crippen molar-refractivity contribution in [1.29, 1.82) is 0 Å². The molecule has 2 heterocycles. The van der Waals surface area contributed by atoms with Crippen LogP contribution < -0.4 is 15.5 Å². The SMILES string of the molecule is COc1c(-c2ccc3c(c2)CNC3)c(F)cc2c(=O)c(C(=O)O)cn(-c3ccc(F)cc3F)c12. The third kappa shape index (κ3) is 3.32. The maximum atomic E-state index is 15.5. The van der Waals surface area contributed by atoms with Gasteiger partial charge in [-0.3, -0.25) is 4.79 Å². The first-order valence-electron chi connectivity index (χ1n) is 10.3. The van der Waals surface area contributed by atoms with Gasteiger partial charge in [0.15, 0.2) is 5.75 Å². The largest absolute Gasteiger partial charge is 0.494 e. The maximum Gasteiger partial charge on any atom is 0.341 e. The number of rotatable bonds is 4. The Morgan fingerprint density at radius 1 is 1.03 bits per heavy atom. The molecule has 0 saturated carbocycles. The molecule has 1 aliphatic heterocycles. The summed E-state index contributed by atoms with van der Waals surface area (Å²) < 4.78 is 50.4. The summed E-state index contributed by atoms with van der Waals surface area (Å²) in [5, 5.41) is 12.4. The van der Waals surface area contributed by atoms with E-state index in [0.29, 0.717) is 24.7 Å². The lowest BCUT2D eigenvalue weighted by molar-refractivity contribution is 0.0695. The average molecular weight is 466 g/mol. The summed E-state index contributed by atoms with van der Waals surface area (Å²) in [6.45, 7) is 1.29. The number of benzene rings is 3. The number of carboxylic acids is 1. The molecule has 0 saturated heterocycles. The molecule has 3 aromatic carbocycles. The third-order valence-electron chi connectivity index (χ3n) is 5.93. The topological polar surface area (TPSA) is 80.6 Å². The van der Waals surface area contributed by atoms with Gasteiger partial charge in [0.2, 0.25) is 5.43 Å². The van der Waals surface area contributed by atoms with Crippen LogP contribution in [0.25, 0.3) is 27.7 Å². The van der Waals surface area contributed by atoms with E-state index < -0.39 is 34.4 Å². The van der Waals surface area contributed by atoms with E-state index in [1.807, 2.05) is 6.07 Å². The predicted molar refractivity (Wildman–Crippen MR) is 119 cm³/mol. The van der Waals surface area contributed by atoms with Gasteiger partial charge in [0.05, 0.1) is 23.7 Å². The van der Waals surface area contributed by atoms with Crippen LogP contribution in [0.4, 0.5) is 13.2 Å². The number of hydrogen-bond acceptors (Lipinski definition) is 4. The number of carboxylic acid groups (broad SMARTS) is 1. The number of ether oxygens (including phenoxy) is 1. The Morgan fingerprint density at radius 2 is 1.79 bits per heavy atom. The van der Waals surface area contributed by atoms with Crippen molar-refractivity contribution in [2.75, 3.05) is 7.11 Å². The van der Waals surface area contributed by atoms with Gasteiger partial charge < -0.3 is 19.7 Å². The van der Waals surface area contributed by atoms with Crippen LogP contribution in [-0.2, 0) is 13.1 Å². The molecule has 1 aliphatic rings. The number of aromatic carboxylic acids is 1. The van der Waals surface area contributed by atoms with Crippen LogP contribution in [0, 0.1) is 17.5 Å². The Morgan fingerprint density at radius 3 is 2.50 bits per heavy atom. The van der Waals surface area contributed by atoms with Gasteiger partial charge in [-0.25, -0.2) is 18.0 Å². The van der Waals surface area contributed by atoms with Crippen molar-refractivity contribution in [2.24, 2.45) is 0 Å². The Bertz CT molecular complexity index is 1560. The van der Waals surface area contributed by atoms with Crippen LogP contribution in [-0.4, -0.2) is 22.8 Å². The van der Waals surface area contributed by atoms with Crippen LogP contribution in [0.1, 0.15) is 21.5 Å². The molecular formula is C25H17F3N2O4. The number of nitrogens with one attached hydrogen (secondary N) is 1. The van der Waals surface area contributed by atoms with Gasteiger partial charge in [-0.15, -0.1) is 0 Å². The van der Waals surface area contributed by atoms with Gasteiger partial charge in [-0.1, -0.05) is 12.1 Å². The van der Waals surface area contributed by atoms with Crippen molar-refractivity contribution in [3.8, 4) is 22.6 Å². The zero-order chi connectivity index (χ0) is 24.1. The molecule has 0 fully saturated rings. The van der Waals surface area contributed by atoms with Crippen LogP contribution in [0.5, 0.6) is 5.75 Å². The number of nitrogens with zero attached hydrogens (tertiary/aromatic N) is 1. The van der Waals surface area contributed by atoms with Crippen molar-refractivity contribution in [2.45, 2.75) is 13.1 Å². The molecule has 0 amide bonds. The first-order chi connectivity index (χ1) is 16.3. The van der Waals surface area contributed by atoms with E-state index in [1.54, 1.807) is 12.1 Å². The summed E-state index contributed by atoms with van der Waals surface area (Å²) in [5.74, 6) is -4.30. The molecule has 4 aromatic rings. The van der Waals surface area contributed by atoms with Crippen molar-refractivity contribution in [1.82, 2.24) is 9.88 Å². The predicted octanol–water partition coefficient (Wildman–Crippen LogP) is 4.39. The second-order valence-electron chi connectivity index (χ2n) is 7.89. The molecule has 172 valence electrons. The first-order valence-corrected chi connectivity index (χ1v) is 10.3. The number of methoxy groups -OCH3 is 1. The summed E-state index contributed by atoms with van der Waals surface area (Å²) >= 11 is 0. The highest BCUT2D eigenvalue weighted by Gasteiger charge is 2.25. The summed E-state index contributed by atoms with van der Waals surface area (Å²) in [7, 11) is 1.27. The summed E-state index contributed by atoms with van der Waals surface area (Å²) in [6.07, 6.45) is 0.931. The number of halogens is 3. The van der Waals surface area contributed by atoms with Crippen LogP contribution >= 0.6 is 0 Å². The number of carbonyl (C=O) groups is 1. The molecule has 1 aromatic heterocycles. The highest BCUT2D eigenvalue weighted by molar-refractivity contribution is 5.98. The summed E-state index contributed by atoms with van der Waals surface area (Å²) in [5.41, 5.74) is 0.615. The fourth-order valence-electron chi connectivity index (χ4n) is 4.36. The number of pyridine rings is 1. The highest BCUT2D eigenvalue weighted by atomic mass is 19.1. The summed E-state index contributed by atoms with van der Waals surface area (Å²) in [6, 6.07) is 9.01. The number of fused-ring (bicyclic) bond motifs is 2. The van der Waals surface area contributed by atoms with Gasteiger partial charge in [-0.2, -0.15) is 0 Å². The fraction of sp³-hybridized carbons (Fsp3) is 0.120. The lowest BCUT2D eigenvalue weighted by Crippen LogP contribution is -2.19. The van der Waals surface area contributed by atoms with Gasteiger partial charge in [0.1, 0.15) is 28.5 Å². The lowest BCUT2D eigenvalue weighted by atomic mass is 9.97. The van der Waals surface area contributed by atoms with Crippen molar-refractivity contribution >= 4 is 16.9 Å². The molecule has 5 rings (SSSR count). The standard InChI is InChI=1S/C25H17F3N2O4/c1-34-24-21(12-2-3-13-9-29-10-14(13)6-12)19(28)8-16-22(24)30(11-17(23(16)31)25(32)33)20-5-4-15(26)7-18(20)27/h2-8,11,29H,9-10H2,1H3,(H,32,33). The van der Waals surface area contributed by atoms with E-state index in [9.17, 15) is 23.5 Å². The van der Waals surface area contributed by atoms with E-state index >= 15 is 4.39 Å². The Kier molecular flexibility index (Phi) is 5.13. The molecule has 0 atom stereocenters. The van der Waals surface area contributed by atoms with Gasteiger partial charge >= 0.3 is 5.97 Å². The second kappa shape index (κ2) is 8.03. The molecule has 9 heteroatoms. The van der Waals surface area contributed by atoms with Crippen molar-refractivity contribution < 1.29 is 27.8 Å². The van der Waals surface area contributed by atoms with Crippen molar-refractivity contribution in [3.63, 3.8) is 0 Å². The van der Waals surface area contributed by atoms with E-state index in [1.165, 1.54) is 7.11 Å². The van der Waals surface area contributed by atoms with Gasteiger partial charge in [-0.05, 0) is 41.0 Å². The maximum absolute atomic E-state index is 15.5. The Hall–Kier alpha value is -4.11. The normalized spacial score (nSPS) is 12.7. The van der Waals surface area contributed by atoms with E-state index in [0.717, 1.165) is 40.1 Å². The summed E-state index contributed by atoms with van der Waals surface area (Å²) in [4.78, 5) is 24.7.